The van der Waals surface area contributed by atoms with Crippen LogP contribution in [-0.2, 0) is 13.1 Å². The van der Waals surface area contributed by atoms with E-state index < -0.39 is 0 Å². The molecule has 5 heteroatoms. The number of hydrogen-bond donors (Lipinski definition) is 1. The zero-order valence-corrected chi connectivity index (χ0v) is 8.87. The Morgan fingerprint density at radius 3 is 3.06 bits per heavy atom. The molecule has 0 saturated carbocycles. The van der Waals surface area contributed by atoms with Gasteiger partial charge in [0.05, 0.1) is 11.9 Å². The summed E-state index contributed by atoms with van der Waals surface area (Å²) >= 11 is 0. The van der Waals surface area contributed by atoms with E-state index in [0.29, 0.717) is 0 Å². The summed E-state index contributed by atoms with van der Waals surface area (Å²) in [5.74, 6) is 0. The first-order chi connectivity index (χ1) is 7.88. The third kappa shape index (κ3) is 2.74. The van der Waals surface area contributed by atoms with Crippen LogP contribution in [0.2, 0.25) is 0 Å². The monoisotopic (exact) mass is 215 g/mol. The lowest BCUT2D eigenvalue weighted by Gasteiger charge is -2.01. The molecule has 5 nitrogen and oxygen atoms in total. The molecule has 0 bridgehead atoms. The number of aromatic nitrogens is 4. The van der Waals surface area contributed by atoms with Crippen LogP contribution in [0, 0.1) is 0 Å². The Morgan fingerprint density at radius 1 is 1.44 bits per heavy atom. The van der Waals surface area contributed by atoms with Crippen LogP contribution in [0.4, 0.5) is 0 Å². The van der Waals surface area contributed by atoms with Gasteiger partial charge in [0.25, 0.3) is 0 Å². The van der Waals surface area contributed by atoms with Gasteiger partial charge < -0.3 is 5.32 Å². The van der Waals surface area contributed by atoms with E-state index in [0.717, 1.165) is 24.3 Å². The quantitative estimate of drug-likeness (QED) is 0.810. The Labute approximate surface area is 93.9 Å². The van der Waals surface area contributed by atoms with E-state index in [4.69, 9.17) is 0 Å². The topological polar surface area (TPSA) is 55.6 Å². The Morgan fingerprint density at radius 2 is 2.38 bits per heavy atom. The van der Waals surface area contributed by atoms with Gasteiger partial charge in [0.1, 0.15) is 6.33 Å². The average Bonchev–Trinajstić information content (AvgIpc) is 2.78. The highest BCUT2D eigenvalue weighted by Crippen LogP contribution is 1.98. The molecule has 0 spiro atoms. The minimum Gasteiger partial charge on any atom is -0.307 e. The fourth-order valence-electron chi connectivity index (χ4n) is 1.33. The Hall–Kier alpha value is -2.01. The Bertz CT molecular complexity index is 448. The number of hydrogen-bond acceptors (Lipinski definition) is 4. The van der Waals surface area contributed by atoms with E-state index >= 15 is 0 Å². The SMILES string of the molecule is C=Cn1cc(CNCc2ccncn2)cn1. The lowest BCUT2D eigenvalue weighted by Crippen LogP contribution is -2.13. The van der Waals surface area contributed by atoms with Crippen molar-refractivity contribution in [3.63, 3.8) is 0 Å². The molecule has 0 fully saturated rings. The number of rotatable bonds is 5. The van der Waals surface area contributed by atoms with Crippen LogP contribution in [0.25, 0.3) is 6.20 Å². The van der Waals surface area contributed by atoms with E-state index in [9.17, 15) is 0 Å². The summed E-state index contributed by atoms with van der Waals surface area (Å²) in [4.78, 5) is 7.98. The normalized spacial score (nSPS) is 10.2. The van der Waals surface area contributed by atoms with Crippen molar-refractivity contribution in [2.45, 2.75) is 13.1 Å². The molecular formula is C11H13N5. The molecule has 1 N–H and O–H groups in total. The second-order valence-electron chi connectivity index (χ2n) is 3.32. The van der Waals surface area contributed by atoms with Gasteiger partial charge in [-0.05, 0) is 6.07 Å². The summed E-state index contributed by atoms with van der Waals surface area (Å²) in [7, 11) is 0. The van der Waals surface area contributed by atoms with Crippen LogP contribution in [0.3, 0.4) is 0 Å². The van der Waals surface area contributed by atoms with Gasteiger partial charge in [-0.3, -0.25) is 0 Å². The summed E-state index contributed by atoms with van der Waals surface area (Å²) < 4.78 is 1.68. The first-order valence-electron chi connectivity index (χ1n) is 4.99. The number of nitrogens with zero attached hydrogens (tertiary/aromatic N) is 4. The molecule has 0 radical (unpaired) electrons. The zero-order valence-electron chi connectivity index (χ0n) is 8.87. The fourth-order valence-corrected chi connectivity index (χ4v) is 1.33. The lowest BCUT2D eigenvalue weighted by molar-refractivity contribution is 0.678. The van der Waals surface area contributed by atoms with Crippen molar-refractivity contribution in [2.75, 3.05) is 0 Å². The summed E-state index contributed by atoms with van der Waals surface area (Å²) in [6.07, 6.45) is 8.69. The molecule has 0 atom stereocenters. The molecule has 2 heterocycles. The van der Waals surface area contributed by atoms with E-state index in [1.54, 1.807) is 23.4 Å². The van der Waals surface area contributed by atoms with Gasteiger partial charge >= 0.3 is 0 Å². The minimum absolute atomic E-state index is 0.724. The molecule has 0 aliphatic carbocycles. The van der Waals surface area contributed by atoms with Crippen LogP contribution in [-0.4, -0.2) is 19.7 Å². The minimum atomic E-state index is 0.724. The van der Waals surface area contributed by atoms with Gasteiger partial charge in [-0.15, -0.1) is 0 Å². The Kier molecular flexibility index (Phi) is 3.40. The maximum atomic E-state index is 4.12. The molecule has 16 heavy (non-hydrogen) atoms. The van der Waals surface area contributed by atoms with Gasteiger partial charge in [-0.1, -0.05) is 6.58 Å². The van der Waals surface area contributed by atoms with Gasteiger partial charge in [0.15, 0.2) is 0 Å². The predicted octanol–water partition coefficient (Wildman–Crippen LogP) is 1.06. The average molecular weight is 215 g/mol. The summed E-state index contributed by atoms with van der Waals surface area (Å²) in [6.45, 7) is 5.12. The Balaban J connectivity index is 1.82. The highest BCUT2D eigenvalue weighted by Gasteiger charge is 1.97. The van der Waals surface area contributed by atoms with Crippen molar-refractivity contribution in [3.8, 4) is 0 Å². The van der Waals surface area contributed by atoms with Crippen molar-refractivity contribution in [1.82, 2.24) is 25.1 Å². The summed E-state index contributed by atoms with van der Waals surface area (Å²) in [5.41, 5.74) is 2.10. The van der Waals surface area contributed by atoms with Gasteiger partial charge in [-0.2, -0.15) is 5.10 Å². The molecule has 2 aromatic rings. The first-order valence-corrected chi connectivity index (χ1v) is 4.99. The summed E-state index contributed by atoms with van der Waals surface area (Å²) in [5, 5.41) is 7.37. The van der Waals surface area contributed by atoms with Crippen molar-refractivity contribution in [3.05, 3.63) is 48.8 Å². The number of nitrogens with one attached hydrogen (secondary N) is 1. The third-order valence-electron chi connectivity index (χ3n) is 2.12. The van der Waals surface area contributed by atoms with Crippen LogP contribution >= 0.6 is 0 Å². The molecular weight excluding hydrogens is 202 g/mol. The van der Waals surface area contributed by atoms with Crippen molar-refractivity contribution < 1.29 is 0 Å². The highest BCUT2D eigenvalue weighted by molar-refractivity contribution is 5.17. The van der Waals surface area contributed by atoms with Gasteiger partial charge in [0, 0.05) is 37.2 Å². The van der Waals surface area contributed by atoms with E-state index in [2.05, 4.69) is 27.0 Å². The largest absolute Gasteiger partial charge is 0.307 e. The second kappa shape index (κ2) is 5.18. The van der Waals surface area contributed by atoms with Crippen LogP contribution in [0.5, 0.6) is 0 Å². The molecule has 0 aliphatic heterocycles. The van der Waals surface area contributed by atoms with Gasteiger partial charge in [-0.25, -0.2) is 14.6 Å². The standard InChI is InChI=1S/C11H13N5/c1-2-16-8-10(6-15-16)5-13-7-11-3-4-12-9-14-11/h2-4,6,8-9,13H,1,5,7H2. The molecule has 0 aromatic carbocycles. The van der Waals surface area contributed by atoms with E-state index in [1.165, 1.54) is 0 Å². The molecule has 0 amide bonds. The van der Waals surface area contributed by atoms with E-state index in [-0.39, 0.29) is 0 Å². The predicted molar refractivity (Wildman–Crippen MR) is 61.2 cm³/mol. The zero-order chi connectivity index (χ0) is 11.2. The second-order valence-corrected chi connectivity index (χ2v) is 3.32. The van der Waals surface area contributed by atoms with Gasteiger partial charge in [0.2, 0.25) is 0 Å². The van der Waals surface area contributed by atoms with Crippen LogP contribution < -0.4 is 5.32 Å². The van der Waals surface area contributed by atoms with Crippen molar-refractivity contribution in [2.24, 2.45) is 0 Å². The van der Waals surface area contributed by atoms with Crippen LogP contribution in [0.15, 0.2) is 37.6 Å². The highest BCUT2D eigenvalue weighted by atomic mass is 15.2. The molecule has 0 aliphatic rings. The molecule has 82 valence electrons. The first kappa shape index (κ1) is 10.5. The molecule has 2 aromatic heterocycles. The maximum absolute atomic E-state index is 4.12. The lowest BCUT2D eigenvalue weighted by atomic mass is 10.3. The fraction of sp³-hybridized carbons (Fsp3) is 0.182. The molecule has 0 unspecified atom stereocenters. The summed E-state index contributed by atoms with van der Waals surface area (Å²) in [6, 6.07) is 1.89. The van der Waals surface area contributed by atoms with Crippen molar-refractivity contribution in [1.29, 1.82) is 0 Å². The third-order valence-corrected chi connectivity index (χ3v) is 2.12. The molecule has 0 saturated heterocycles. The van der Waals surface area contributed by atoms with E-state index in [1.807, 2.05) is 18.5 Å². The molecule has 2 rings (SSSR count). The maximum Gasteiger partial charge on any atom is 0.115 e. The smallest absolute Gasteiger partial charge is 0.115 e. The van der Waals surface area contributed by atoms with Crippen LogP contribution in [0.1, 0.15) is 11.3 Å². The van der Waals surface area contributed by atoms with Crippen molar-refractivity contribution >= 4 is 6.20 Å².